The number of nitrogens with one attached hydrogen (secondary N) is 2. The second kappa shape index (κ2) is 11.1. The number of hydrogen-bond donors (Lipinski definition) is 2. The molecule has 1 aromatic heterocycles. The number of nitrogens with zero attached hydrogens (tertiary/aromatic N) is 3. The van der Waals surface area contributed by atoms with Crippen LogP contribution in [0.25, 0.3) is 0 Å². The predicted molar refractivity (Wildman–Crippen MR) is 104 cm³/mol. The summed E-state index contributed by atoms with van der Waals surface area (Å²) in [5.74, 6) is 0.253. The van der Waals surface area contributed by atoms with Crippen LogP contribution in [0.4, 0.5) is 13.2 Å². The first-order chi connectivity index (χ1) is 13.4. The van der Waals surface area contributed by atoms with Crippen molar-refractivity contribution in [3.05, 3.63) is 23.9 Å². The molecule has 2 heterocycles. The lowest BCUT2D eigenvalue weighted by molar-refractivity contribution is -0.139. The molecule has 1 aromatic rings. The number of piperidine rings is 1. The number of ether oxygens (including phenoxy) is 1. The van der Waals surface area contributed by atoms with Crippen LogP contribution in [0.3, 0.4) is 0 Å². The van der Waals surface area contributed by atoms with Crippen molar-refractivity contribution in [1.29, 1.82) is 0 Å². The van der Waals surface area contributed by atoms with Crippen molar-refractivity contribution in [1.82, 2.24) is 20.5 Å². The number of hydrogen-bond acceptors (Lipinski definition) is 4. The van der Waals surface area contributed by atoms with Crippen LogP contribution >= 0.6 is 0 Å². The van der Waals surface area contributed by atoms with Crippen LogP contribution in [-0.2, 0) is 6.18 Å². The Morgan fingerprint density at radius 1 is 1.32 bits per heavy atom. The van der Waals surface area contributed by atoms with Gasteiger partial charge in [-0.05, 0) is 44.9 Å². The predicted octanol–water partition coefficient (Wildman–Crippen LogP) is 2.91. The Kier molecular flexibility index (Phi) is 8.82. The largest absolute Gasteiger partial charge is 0.475 e. The summed E-state index contributed by atoms with van der Waals surface area (Å²) in [5, 5.41) is 6.59. The van der Waals surface area contributed by atoms with Crippen LogP contribution in [0, 0.1) is 0 Å². The maximum Gasteiger partial charge on any atom is 0.421 e. The number of rotatable bonds is 8. The highest BCUT2D eigenvalue weighted by atomic mass is 19.4. The van der Waals surface area contributed by atoms with Crippen LogP contribution < -0.4 is 15.4 Å². The van der Waals surface area contributed by atoms with Gasteiger partial charge in [0.05, 0.1) is 6.54 Å². The minimum Gasteiger partial charge on any atom is -0.475 e. The minimum absolute atomic E-state index is 0.0195. The Balaban J connectivity index is 1.83. The van der Waals surface area contributed by atoms with Crippen molar-refractivity contribution < 1.29 is 17.9 Å². The Morgan fingerprint density at radius 3 is 2.71 bits per heavy atom. The van der Waals surface area contributed by atoms with Crippen molar-refractivity contribution in [2.45, 2.75) is 45.3 Å². The molecule has 0 atom stereocenters. The van der Waals surface area contributed by atoms with Gasteiger partial charge in [0.2, 0.25) is 5.88 Å². The molecule has 0 amide bonds. The Morgan fingerprint density at radius 2 is 2.07 bits per heavy atom. The first-order valence-electron chi connectivity index (χ1n) is 9.86. The summed E-state index contributed by atoms with van der Waals surface area (Å²) in [5.41, 5.74) is -0.872. The second-order valence-electron chi connectivity index (χ2n) is 6.72. The van der Waals surface area contributed by atoms with Gasteiger partial charge in [-0.2, -0.15) is 13.2 Å². The van der Waals surface area contributed by atoms with E-state index in [9.17, 15) is 13.2 Å². The second-order valence-corrected chi connectivity index (χ2v) is 6.72. The van der Waals surface area contributed by atoms with Crippen LogP contribution in [0.2, 0.25) is 0 Å². The third kappa shape index (κ3) is 7.18. The van der Waals surface area contributed by atoms with Gasteiger partial charge in [0, 0.05) is 31.9 Å². The molecule has 0 aliphatic carbocycles. The van der Waals surface area contributed by atoms with Gasteiger partial charge in [0.15, 0.2) is 5.96 Å². The standard InChI is InChI=1S/C19H30F3N5O/c1-3-11-27-12-7-15(8-13-27)26-18(23-4-2)25-10-14-28-17-16(19(20,21)22)6-5-9-24-17/h5-6,9,15H,3-4,7-8,10-14H2,1-2H3,(H2,23,25,26). The summed E-state index contributed by atoms with van der Waals surface area (Å²) >= 11 is 0. The SMILES string of the molecule is CCCN1CCC(NC(=NCCOc2ncccc2C(F)(F)F)NCC)CC1. The summed E-state index contributed by atoms with van der Waals surface area (Å²) < 4.78 is 44.1. The van der Waals surface area contributed by atoms with Gasteiger partial charge in [0.1, 0.15) is 12.2 Å². The molecule has 0 radical (unpaired) electrons. The van der Waals surface area contributed by atoms with Crippen LogP contribution in [-0.4, -0.2) is 61.2 Å². The molecule has 28 heavy (non-hydrogen) atoms. The normalized spacial score (nSPS) is 16.8. The van der Waals surface area contributed by atoms with Crippen LogP contribution in [0.15, 0.2) is 23.3 Å². The van der Waals surface area contributed by atoms with Crippen LogP contribution in [0.5, 0.6) is 5.88 Å². The highest BCUT2D eigenvalue weighted by Gasteiger charge is 2.35. The van der Waals surface area contributed by atoms with Gasteiger partial charge in [-0.15, -0.1) is 0 Å². The van der Waals surface area contributed by atoms with E-state index in [0.717, 1.165) is 45.0 Å². The summed E-state index contributed by atoms with van der Waals surface area (Å²) in [6.45, 7) is 8.38. The molecule has 6 nitrogen and oxygen atoms in total. The number of alkyl halides is 3. The molecule has 0 spiro atoms. The number of halogens is 3. The number of aliphatic imine (C=N–C) groups is 1. The average Bonchev–Trinajstić information content (AvgIpc) is 2.66. The maximum absolute atomic E-state index is 13.0. The van der Waals surface area contributed by atoms with Crippen molar-refractivity contribution in [2.75, 3.05) is 39.3 Å². The van der Waals surface area contributed by atoms with Gasteiger partial charge in [-0.3, -0.25) is 0 Å². The third-order valence-corrected chi connectivity index (χ3v) is 4.49. The van der Waals surface area contributed by atoms with E-state index in [-0.39, 0.29) is 13.2 Å². The minimum atomic E-state index is -4.49. The molecule has 1 aliphatic rings. The van der Waals surface area contributed by atoms with E-state index in [1.807, 2.05) is 6.92 Å². The maximum atomic E-state index is 13.0. The molecule has 158 valence electrons. The molecule has 2 rings (SSSR count). The van der Waals surface area contributed by atoms with Crippen molar-refractivity contribution in [3.63, 3.8) is 0 Å². The first kappa shape index (κ1) is 22.3. The van der Waals surface area contributed by atoms with E-state index >= 15 is 0 Å². The van der Waals surface area contributed by atoms with E-state index in [4.69, 9.17) is 4.74 Å². The van der Waals surface area contributed by atoms with E-state index in [1.165, 1.54) is 12.3 Å². The van der Waals surface area contributed by atoms with Crippen molar-refractivity contribution >= 4 is 5.96 Å². The van der Waals surface area contributed by atoms with E-state index < -0.39 is 17.6 Å². The van der Waals surface area contributed by atoms with E-state index in [1.54, 1.807) is 0 Å². The van der Waals surface area contributed by atoms with Crippen molar-refractivity contribution in [3.8, 4) is 5.88 Å². The zero-order valence-electron chi connectivity index (χ0n) is 16.6. The lowest BCUT2D eigenvalue weighted by Crippen LogP contribution is -2.48. The zero-order valence-corrected chi connectivity index (χ0v) is 16.6. The molecular weight excluding hydrogens is 371 g/mol. The monoisotopic (exact) mass is 401 g/mol. The highest BCUT2D eigenvalue weighted by Crippen LogP contribution is 2.34. The molecule has 0 saturated carbocycles. The number of aromatic nitrogens is 1. The highest BCUT2D eigenvalue weighted by molar-refractivity contribution is 5.80. The molecule has 1 aliphatic heterocycles. The van der Waals surface area contributed by atoms with Gasteiger partial charge < -0.3 is 20.3 Å². The third-order valence-electron chi connectivity index (χ3n) is 4.49. The number of guanidine groups is 1. The fourth-order valence-electron chi connectivity index (χ4n) is 3.15. The molecule has 1 fully saturated rings. The Hall–Kier alpha value is -2.03. The quantitative estimate of drug-likeness (QED) is 0.399. The fraction of sp³-hybridized carbons (Fsp3) is 0.684. The first-order valence-corrected chi connectivity index (χ1v) is 9.86. The molecule has 9 heteroatoms. The fourth-order valence-corrected chi connectivity index (χ4v) is 3.15. The van der Waals surface area contributed by atoms with E-state index in [2.05, 4.69) is 32.4 Å². The molecule has 1 saturated heterocycles. The molecule has 0 aromatic carbocycles. The number of likely N-dealkylation sites (tertiary alicyclic amines) is 1. The number of pyridine rings is 1. The lowest BCUT2D eigenvalue weighted by atomic mass is 10.1. The topological polar surface area (TPSA) is 61.8 Å². The lowest BCUT2D eigenvalue weighted by Gasteiger charge is -2.32. The molecular formula is C19H30F3N5O. The summed E-state index contributed by atoms with van der Waals surface area (Å²) in [6, 6.07) is 2.55. The Bertz CT molecular complexity index is 616. The van der Waals surface area contributed by atoms with Gasteiger partial charge in [-0.1, -0.05) is 6.92 Å². The molecule has 0 unspecified atom stereocenters. The van der Waals surface area contributed by atoms with Gasteiger partial charge in [0.25, 0.3) is 0 Å². The van der Waals surface area contributed by atoms with Crippen molar-refractivity contribution in [2.24, 2.45) is 4.99 Å². The summed E-state index contributed by atoms with van der Waals surface area (Å²) in [4.78, 5) is 10.6. The van der Waals surface area contributed by atoms with Crippen LogP contribution in [0.1, 0.15) is 38.7 Å². The summed E-state index contributed by atoms with van der Waals surface area (Å²) in [7, 11) is 0. The molecule has 2 N–H and O–H groups in total. The van der Waals surface area contributed by atoms with E-state index in [0.29, 0.717) is 18.5 Å². The zero-order chi connectivity index (χ0) is 20.4. The van der Waals surface area contributed by atoms with Gasteiger partial charge in [-0.25, -0.2) is 9.98 Å². The molecule has 0 bridgehead atoms. The summed E-state index contributed by atoms with van der Waals surface area (Å²) in [6.07, 6.45) is 0.0441. The smallest absolute Gasteiger partial charge is 0.421 e. The average molecular weight is 401 g/mol. The Labute approximate surface area is 164 Å². The van der Waals surface area contributed by atoms with Gasteiger partial charge >= 0.3 is 6.18 Å².